The molecule has 1 heterocycles. The van der Waals surface area contributed by atoms with Gasteiger partial charge >= 0.3 is 5.97 Å². The fourth-order valence-electron chi connectivity index (χ4n) is 5.39. The van der Waals surface area contributed by atoms with Crippen LogP contribution in [-0.4, -0.2) is 24.6 Å². The van der Waals surface area contributed by atoms with Crippen molar-refractivity contribution in [1.29, 1.82) is 0 Å². The molecular formula is C31H29NO4. The van der Waals surface area contributed by atoms with Crippen LogP contribution >= 0.6 is 0 Å². The topological polar surface area (TPSA) is 65.0 Å². The van der Waals surface area contributed by atoms with E-state index in [1.165, 1.54) is 7.11 Å². The summed E-state index contributed by atoms with van der Waals surface area (Å²) in [6, 6.07) is 27.7. The molecule has 3 aromatic rings. The number of esters is 1. The Hall–Kier alpha value is -3.99. The van der Waals surface area contributed by atoms with Crippen LogP contribution in [0.2, 0.25) is 0 Å². The minimum absolute atomic E-state index is 0.0260. The molecule has 0 amide bonds. The number of aliphatic imine (C=N–C) groups is 1. The van der Waals surface area contributed by atoms with Gasteiger partial charge in [0.15, 0.2) is 5.78 Å². The Kier molecular flexibility index (Phi) is 6.81. The van der Waals surface area contributed by atoms with E-state index in [0.29, 0.717) is 36.5 Å². The molecule has 5 nitrogen and oxygen atoms in total. The SMILES string of the molecule is COC(=O)C1C(C)=NC2=C(C(=O)C[C@H](c3ccccc3)C2)[C@@H]1c1ccccc1OCc1ccccc1. The monoisotopic (exact) mass is 479 g/mol. The fraction of sp³-hybridized carbons (Fsp3) is 0.258. The van der Waals surface area contributed by atoms with Gasteiger partial charge in [-0.2, -0.15) is 0 Å². The molecule has 1 aliphatic carbocycles. The summed E-state index contributed by atoms with van der Waals surface area (Å²) in [5.74, 6) is -0.857. The lowest BCUT2D eigenvalue weighted by Crippen LogP contribution is -2.38. The highest BCUT2D eigenvalue weighted by molar-refractivity contribution is 6.09. The third kappa shape index (κ3) is 4.61. The average molecular weight is 480 g/mol. The Morgan fingerprint density at radius 3 is 2.31 bits per heavy atom. The summed E-state index contributed by atoms with van der Waals surface area (Å²) in [6.07, 6.45) is 1.04. The van der Waals surface area contributed by atoms with Crippen molar-refractivity contribution in [3.63, 3.8) is 0 Å². The fourth-order valence-corrected chi connectivity index (χ4v) is 5.39. The van der Waals surface area contributed by atoms with Crippen LogP contribution in [0.1, 0.15) is 48.3 Å². The van der Waals surface area contributed by atoms with Crippen LogP contribution in [-0.2, 0) is 20.9 Å². The molecule has 0 fully saturated rings. The Balaban J connectivity index is 1.57. The maximum atomic E-state index is 13.7. The first-order valence-corrected chi connectivity index (χ1v) is 12.3. The summed E-state index contributed by atoms with van der Waals surface area (Å²) in [5, 5.41) is 0. The Morgan fingerprint density at radius 1 is 0.917 bits per heavy atom. The molecule has 0 bridgehead atoms. The molecule has 1 unspecified atom stereocenters. The molecule has 3 aromatic carbocycles. The van der Waals surface area contributed by atoms with Crippen LogP contribution in [0.5, 0.6) is 5.75 Å². The molecule has 0 N–H and O–H groups in total. The number of methoxy groups -OCH3 is 1. The lowest BCUT2D eigenvalue weighted by molar-refractivity contribution is -0.143. The van der Waals surface area contributed by atoms with E-state index >= 15 is 0 Å². The highest BCUT2D eigenvalue weighted by Gasteiger charge is 2.45. The van der Waals surface area contributed by atoms with Crippen molar-refractivity contribution in [2.24, 2.45) is 10.9 Å². The van der Waals surface area contributed by atoms with Crippen LogP contribution in [0.3, 0.4) is 0 Å². The van der Waals surface area contributed by atoms with Crippen molar-refractivity contribution < 1.29 is 19.1 Å². The standard InChI is InChI=1S/C31H29NO4/c1-20-28(31(34)35-2)29(24-15-9-10-16-27(24)36-19-21-11-5-3-6-12-21)30-25(32-20)17-23(18-26(30)33)22-13-7-4-8-14-22/h3-16,23,28-29H,17-19H2,1-2H3/t23-,28?,29-/m1/s1. The average Bonchev–Trinajstić information content (AvgIpc) is 2.92. The second-order valence-corrected chi connectivity index (χ2v) is 9.34. The Labute approximate surface area is 211 Å². The lowest BCUT2D eigenvalue weighted by Gasteiger charge is -2.36. The largest absolute Gasteiger partial charge is 0.489 e. The van der Waals surface area contributed by atoms with Crippen LogP contribution in [0.15, 0.2) is 101 Å². The van der Waals surface area contributed by atoms with Gasteiger partial charge in [0.2, 0.25) is 0 Å². The third-order valence-electron chi connectivity index (χ3n) is 7.11. The maximum Gasteiger partial charge on any atom is 0.315 e. The van der Waals surface area contributed by atoms with E-state index in [9.17, 15) is 9.59 Å². The van der Waals surface area contributed by atoms with Crippen molar-refractivity contribution in [2.75, 3.05) is 7.11 Å². The number of ketones is 1. The van der Waals surface area contributed by atoms with E-state index in [-0.39, 0.29) is 11.7 Å². The Morgan fingerprint density at radius 2 is 1.58 bits per heavy atom. The van der Waals surface area contributed by atoms with Gasteiger partial charge in [0, 0.05) is 34.9 Å². The van der Waals surface area contributed by atoms with E-state index < -0.39 is 17.8 Å². The normalized spacial score (nSPS) is 21.4. The predicted octanol–water partition coefficient (Wildman–Crippen LogP) is 6.01. The highest BCUT2D eigenvalue weighted by Crippen LogP contribution is 2.48. The van der Waals surface area contributed by atoms with Crippen LogP contribution < -0.4 is 4.74 Å². The highest BCUT2D eigenvalue weighted by atomic mass is 16.5. The summed E-state index contributed by atoms with van der Waals surface area (Å²) >= 11 is 0. The summed E-state index contributed by atoms with van der Waals surface area (Å²) in [4.78, 5) is 31.6. The molecule has 3 atom stereocenters. The molecule has 182 valence electrons. The molecular weight excluding hydrogens is 450 g/mol. The second-order valence-electron chi connectivity index (χ2n) is 9.34. The minimum Gasteiger partial charge on any atom is -0.489 e. The minimum atomic E-state index is -0.688. The van der Waals surface area contributed by atoms with Crippen molar-refractivity contribution in [3.05, 3.63) is 113 Å². The van der Waals surface area contributed by atoms with E-state index in [4.69, 9.17) is 14.5 Å². The number of para-hydroxylation sites is 1. The zero-order valence-electron chi connectivity index (χ0n) is 20.5. The number of hydrogen-bond acceptors (Lipinski definition) is 5. The molecule has 5 heteroatoms. The molecule has 2 aliphatic rings. The Bertz CT molecular complexity index is 1330. The van der Waals surface area contributed by atoms with Gasteiger partial charge in [0.25, 0.3) is 0 Å². The molecule has 0 saturated heterocycles. The van der Waals surface area contributed by atoms with Crippen molar-refractivity contribution in [1.82, 2.24) is 0 Å². The quantitative estimate of drug-likeness (QED) is 0.406. The second kappa shape index (κ2) is 10.3. The van der Waals surface area contributed by atoms with Crippen molar-refractivity contribution in [3.8, 4) is 5.75 Å². The summed E-state index contributed by atoms with van der Waals surface area (Å²) < 4.78 is 11.4. The lowest BCUT2D eigenvalue weighted by atomic mass is 9.69. The first-order valence-electron chi connectivity index (χ1n) is 12.3. The van der Waals surface area contributed by atoms with E-state index in [1.807, 2.05) is 79.7 Å². The van der Waals surface area contributed by atoms with Gasteiger partial charge in [0.05, 0.1) is 7.11 Å². The number of hydrogen-bond donors (Lipinski definition) is 0. The number of carbonyl (C=O) groups is 2. The molecule has 36 heavy (non-hydrogen) atoms. The summed E-state index contributed by atoms with van der Waals surface area (Å²) in [6.45, 7) is 2.23. The van der Waals surface area contributed by atoms with Gasteiger partial charge in [-0.1, -0.05) is 78.9 Å². The van der Waals surface area contributed by atoms with Crippen molar-refractivity contribution >= 4 is 17.5 Å². The predicted molar refractivity (Wildman–Crippen MR) is 139 cm³/mol. The number of allylic oxidation sites excluding steroid dienone is 2. The molecule has 0 spiro atoms. The molecule has 1 aliphatic heterocycles. The van der Waals surface area contributed by atoms with Gasteiger partial charge in [-0.3, -0.25) is 14.6 Å². The number of ether oxygens (including phenoxy) is 2. The van der Waals surface area contributed by atoms with E-state index in [0.717, 1.165) is 22.4 Å². The van der Waals surface area contributed by atoms with Gasteiger partial charge < -0.3 is 9.47 Å². The van der Waals surface area contributed by atoms with Gasteiger partial charge in [-0.25, -0.2) is 0 Å². The molecule has 0 saturated carbocycles. The third-order valence-corrected chi connectivity index (χ3v) is 7.11. The number of rotatable bonds is 6. The first kappa shape index (κ1) is 23.7. The van der Waals surface area contributed by atoms with E-state index in [1.54, 1.807) is 0 Å². The molecule has 5 rings (SSSR count). The first-order chi connectivity index (χ1) is 17.6. The summed E-state index contributed by atoms with van der Waals surface area (Å²) in [7, 11) is 1.38. The smallest absolute Gasteiger partial charge is 0.315 e. The number of Topliss-reactive ketones (excluding diaryl/α,β-unsaturated/α-hetero) is 1. The molecule has 0 aromatic heterocycles. The van der Waals surface area contributed by atoms with Gasteiger partial charge in [-0.15, -0.1) is 0 Å². The zero-order chi connectivity index (χ0) is 25.1. The number of benzene rings is 3. The number of nitrogens with zero attached hydrogens (tertiary/aromatic N) is 1. The summed E-state index contributed by atoms with van der Waals surface area (Å²) in [5.41, 5.74) is 5.00. The number of carbonyl (C=O) groups excluding carboxylic acids is 2. The van der Waals surface area contributed by atoms with Crippen LogP contribution in [0.25, 0.3) is 0 Å². The zero-order valence-corrected chi connectivity index (χ0v) is 20.5. The van der Waals surface area contributed by atoms with Crippen LogP contribution in [0.4, 0.5) is 0 Å². The van der Waals surface area contributed by atoms with E-state index in [2.05, 4.69) is 12.1 Å². The van der Waals surface area contributed by atoms with Crippen LogP contribution in [0, 0.1) is 5.92 Å². The van der Waals surface area contributed by atoms with Crippen molar-refractivity contribution in [2.45, 2.75) is 38.2 Å². The maximum absolute atomic E-state index is 13.7. The van der Waals surface area contributed by atoms with Gasteiger partial charge in [-0.05, 0) is 36.5 Å². The van der Waals surface area contributed by atoms with Gasteiger partial charge in [0.1, 0.15) is 18.3 Å². The molecule has 0 radical (unpaired) electrons.